The van der Waals surface area contributed by atoms with Gasteiger partial charge in [0.1, 0.15) is 18.5 Å². The van der Waals surface area contributed by atoms with Crippen LogP contribution in [-0.4, -0.2) is 81.2 Å². The number of hydrogen-bond acceptors (Lipinski definition) is 8. The fourth-order valence-corrected chi connectivity index (χ4v) is 3.67. The number of H-pyrrole nitrogens is 1. The number of ether oxygens (including phenoxy) is 2. The summed E-state index contributed by atoms with van der Waals surface area (Å²) in [4.78, 5) is 33.7. The van der Waals surface area contributed by atoms with Gasteiger partial charge in [-0.3, -0.25) is 19.2 Å². The van der Waals surface area contributed by atoms with E-state index in [2.05, 4.69) is 20.2 Å². The number of aliphatic hydroxyl groups is 1. The Morgan fingerprint density at radius 3 is 2.75 bits per heavy atom. The van der Waals surface area contributed by atoms with Gasteiger partial charge in [0.05, 0.1) is 19.8 Å². The van der Waals surface area contributed by atoms with Crippen LogP contribution >= 0.6 is 0 Å². The Morgan fingerprint density at radius 1 is 1.25 bits per heavy atom. The number of fused-ring (bicyclic) bond motifs is 1. The van der Waals surface area contributed by atoms with Crippen LogP contribution in [0.1, 0.15) is 0 Å². The molecule has 32 heavy (non-hydrogen) atoms. The van der Waals surface area contributed by atoms with Crippen LogP contribution in [0.2, 0.25) is 0 Å². The number of benzene rings is 1. The maximum atomic E-state index is 12.6. The number of imidazole rings is 1. The van der Waals surface area contributed by atoms with Crippen LogP contribution in [0.15, 0.2) is 39.9 Å². The van der Waals surface area contributed by atoms with Crippen molar-refractivity contribution in [1.29, 1.82) is 0 Å². The highest BCUT2D eigenvalue weighted by Crippen LogP contribution is 2.17. The molecule has 0 saturated carbocycles. The average Bonchev–Trinajstić information content (AvgIpc) is 3.16. The Kier molecular flexibility index (Phi) is 6.88. The molecular formula is C21H28N6O5. The Balaban J connectivity index is 1.53. The van der Waals surface area contributed by atoms with E-state index in [1.54, 1.807) is 23.7 Å². The normalized spacial score (nSPS) is 15.7. The van der Waals surface area contributed by atoms with Crippen LogP contribution in [0.5, 0.6) is 5.75 Å². The van der Waals surface area contributed by atoms with E-state index < -0.39 is 17.4 Å². The van der Waals surface area contributed by atoms with Crippen LogP contribution in [0.3, 0.4) is 0 Å². The van der Waals surface area contributed by atoms with Crippen molar-refractivity contribution in [3.05, 3.63) is 51.2 Å². The Morgan fingerprint density at radius 2 is 2.00 bits per heavy atom. The van der Waals surface area contributed by atoms with Crippen LogP contribution in [0.25, 0.3) is 11.2 Å². The van der Waals surface area contributed by atoms with Crippen molar-refractivity contribution in [1.82, 2.24) is 24.0 Å². The Bertz CT molecular complexity index is 1150. The Hall–Kier alpha value is -3.15. The van der Waals surface area contributed by atoms with Gasteiger partial charge in [0.2, 0.25) is 5.95 Å². The summed E-state index contributed by atoms with van der Waals surface area (Å²) in [5, 5.41) is 13.9. The van der Waals surface area contributed by atoms with Crippen molar-refractivity contribution in [2.24, 2.45) is 7.05 Å². The number of aromatic nitrogens is 4. The van der Waals surface area contributed by atoms with Gasteiger partial charge in [0.25, 0.3) is 5.56 Å². The first-order valence-electron chi connectivity index (χ1n) is 10.6. The monoisotopic (exact) mass is 444 g/mol. The molecule has 1 aliphatic heterocycles. The van der Waals surface area contributed by atoms with E-state index in [4.69, 9.17) is 9.47 Å². The molecule has 4 rings (SSSR count). The molecule has 0 amide bonds. The van der Waals surface area contributed by atoms with E-state index >= 15 is 0 Å². The maximum Gasteiger partial charge on any atom is 0.329 e. The number of anilines is 1. The van der Waals surface area contributed by atoms with Gasteiger partial charge in [-0.1, -0.05) is 18.2 Å². The second-order valence-electron chi connectivity index (χ2n) is 7.70. The molecule has 0 bridgehead atoms. The van der Waals surface area contributed by atoms with Crippen LogP contribution in [0.4, 0.5) is 5.95 Å². The first-order chi connectivity index (χ1) is 15.5. The summed E-state index contributed by atoms with van der Waals surface area (Å²) in [5.41, 5.74) is -0.614. The molecule has 11 heteroatoms. The molecule has 1 fully saturated rings. The highest BCUT2D eigenvalue weighted by atomic mass is 16.5. The standard InChI is InChI=1S/C21H28N6O5/c1-25-18-17(19(29)24-21(25)30)27(13-15(28)14-32-16-5-3-2-4-6-16)20(23-18)22-7-8-26-9-11-31-12-10-26/h2-6,15,28H,7-14H2,1H3,(H,22,23)(H,24,29,30)/t15-/m0/s1. The van der Waals surface area contributed by atoms with Gasteiger partial charge in [-0.25, -0.2) is 4.79 Å². The van der Waals surface area contributed by atoms with Crippen LogP contribution in [-0.2, 0) is 18.3 Å². The van der Waals surface area contributed by atoms with Gasteiger partial charge >= 0.3 is 5.69 Å². The topological polar surface area (TPSA) is 127 Å². The van der Waals surface area contributed by atoms with Crippen molar-refractivity contribution in [3.63, 3.8) is 0 Å². The van der Waals surface area contributed by atoms with Crippen molar-refractivity contribution in [2.75, 3.05) is 51.3 Å². The maximum absolute atomic E-state index is 12.6. The minimum Gasteiger partial charge on any atom is -0.491 e. The van der Waals surface area contributed by atoms with Gasteiger partial charge in [-0.15, -0.1) is 0 Å². The Labute approximate surface area is 184 Å². The summed E-state index contributed by atoms with van der Waals surface area (Å²) in [5.74, 6) is 1.06. The lowest BCUT2D eigenvalue weighted by molar-refractivity contribution is 0.0398. The number of aliphatic hydroxyl groups excluding tert-OH is 1. The van der Waals surface area contributed by atoms with Gasteiger partial charge < -0.3 is 24.5 Å². The molecule has 1 aromatic carbocycles. The third kappa shape index (κ3) is 5.01. The third-order valence-corrected chi connectivity index (χ3v) is 5.40. The summed E-state index contributed by atoms with van der Waals surface area (Å²) in [6.45, 7) is 4.63. The predicted octanol–water partition coefficient (Wildman–Crippen LogP) is -0.393. The second-order valence-corrected chi connectivity index (χ2v) is 7.70. The zero-order chi connectivity index (χ0) is 22.5. The molecule has 0 unspecified atom stereocenters. The smallest absolute Gasteiger partial charge is 0.329 e. The summed E-state index contributed by atoms with van der Waals surface area (Å²) in [6.07, 6.45) is -0.899. The second kappa shape index (κ2) is 9.98. The first-order valence-corrected chi connectivity index (χ1v) is 10.6. The molecule has 2 aromatic heterocycles. The van der Waals surface area contributed by atoms with E-state index in [-0.39, 0.29) is 24.3 Å². The van der Waals surface area contributed by atoms with E-state index in [1.165, 1.54) is 4.57 Å². The number of hydrogen-bond donors (Lipinski definition) is 3. The molecular weight excluding hydrogens is 416 g/mol. The highest BCUT2D eigenvalue weighted by Gasteiger charge is 2.20. The van der Waals surface area contributed by atoms with E-state index in [1.807, 2.05) is 18.2 Å². The van der Waals surface area contributed by atoms with Crippen molar-refractivity contribution in [2.45, 2.75) is 12.6 Å². The molecule has 1 atom stereocenters. The van der Waals surface area contributed by atoms with E-state index in [0.29, 0.717) is 31.5 Å². The fourth-order valence-electron chi connectivity index (χ4n) is 3.67. The zero-order valence-electron chi connectivity index (χ0n) is 18.0. The molecule has 1 saturated heterocycles. The van der Waals surface area contributed by atoms with E-state index in [0.717, 1.165) is 19.6 Å². The van der Waals surface area contributed by atoms with Gasteiger partial charge in [-0.2, -0.15) is 4.98 Å². The number of nitrogens with zero attached hydrogens (tertiary/aromatic N) is 4. The molecule has 3 N–H and O–H groups in total. The summed E-state index contributed by atoms with van der Waals surface area (Å²) in [6, 6.07) is 9.19. The lowest BCUT2D eigenvalue weighted by Gasteiger charge is -2.26. The lowest BCUT2D eigenvalue weighted by Crippen LogP contribution is -2.39. The molecule has 3 aromatic rings. The zero-order valence-corrected chi connectivity index (χ0v) is 18.0. The first kappa shape index (κ1) is 22.1. The van der Waals surface area contributed by atoms with Gasteiger partial charge in [0, 0.05) is 33.2 Å². The van der Waals surface area contributed by atoms with Crippen LogP contribution < -0.4 is 21.3 Å². The molecule has 0 radical (unpaired) electrons. The predicted molar refractivity (Wildman–Crippen MR) is 119 cm³/mol. The van der Waals surface area contributed by atoms with Crippen LogP contribution in [0, 0.1) is 0 Å². The number of para-hydroxylation sites is 1. The van der Waals surface area contributed by atoms with Gasteiger partial charge in [0.15, 0.2) is 11.2 Å². The molecule has 1 aliphatic rings. The SMILES string of the molecule is Cn1c(=O)[nH]c(=O)c2c1nc(NCCN1CCOCC1)n2C[C@H](O)COc1ccccc1. The summed E-state index contributed by atoms with van der Waals surface area (Å²) in [7, 11) is 1.55. The molecule has 172 valence electrons. The molecule has 11 nitrogen and oxygen atoms in total. The average molecular weight is 444 g/mol. The summed E-state index contributed by atoms with van der Waals surface area (Å²) >= 11 is 0. The quantitative estimate of drug-likeness (QED) is 0.407. The van der Waals surface area contributed by atoms with Crippen molar-refractivity contribution >= 4 is 17.1 Å². The van der Waals surface area contributed by atoms with Crippen molar-refractivity contribution < 1.29 is 14.6 Å². The number of rotatable bonds is 9. The minimum atomic E-state index is -0.899. The van der Waals surface area contributed by atoms with E-state index in [9.17, 15) is 14.7 Å². The number of aromatic amines is 1. The van der Waals surface area contributed by atoms with Crippen molar-refractivity contribution in [3.8, 4) is 5.75 Å². The number of aryl methyl sites for hydroxylation is 1. The highest BCUT2D eigenvalue weighted by molar-refractivity contribution is 5.74. The molecule has 0 aliphatic carbocycles. The summed E-state index contributed by atoms with van der Waals surface area (Å²) < 4.78 is 13.9. The largest absolute Gasteiger partial charge is 0.491 e. The molecule has 3 heterocycles. The molecule has 0 spiro atoms. The minimum absolute atomic E-state index is 0.0422. The van der Waals surface area contributed by atoms with Gasteiger partial charge in [-0.05, 0) is 12.1 Å². The third-order valence-electron chi connectivity index (χ3n) is 5.40. The number of nitrogens with one attached hydrogen (secondary N) is 2. The number of morpholine rings is 1. The lowest BCUT2D eigenvalue weighted by atomic mass is 10.3. The fraction of sp³-hybridized carbons (Fsp3) is 0.476.